The van der Waals surface area contributed by atoms with Crippen molar-refractivity contribution in [3.8, 4) is 0 Å². The second kappa shape index (κ2) is 11.3. The van der Waals surface area contributed by atoms with E-state index in [4.69, 9.17) is 5.73 Å². The van der Waals surface area contributed by atoms with Crippen molar-refractivity contribution in [2.75, 3.05) is 13.1 Å². The minimum atomic E-state index is -3.78. The first-order chi connectivity index (χ1) is 16.2. The first kappa shape index (κ1) is 26.8. The van der Waals surface area contributed by atoms with Gasteiger partial charge < -0.3 is 21.2 Å². The summed E-state index contributed by atoms with van der Waals surface area (Å²) >= 11 is 0. The fourth-order valence-electron chi connectivity index (χ4n) is 5.02. The lowest BCUT2D eigenvalue weighted by molar-refractivity contribution is -0.142. The molecule has 9 nitrogen and oxygen atoms in total. The average molecular weight is 504 g/mol. The second-order valence-electron chi connectivity index (χ2n) is 9.26. The number of carboxylic acid groups (broad SMARTS) is 1. The van der Waals surface area contributed by atoms with Crippen molar-refractivity contribution in [2.45, 2.75) is 55.5 Å². The molecule has 0 spiro atoms. The highest BCUT2D eigenvalue weighted by atomic mass is 32.2. The molecular weight excluding hydrogens is 470 g/mol. The molecule has 1 fully saturated rings. The molecule has 1 aliphatic heterocycles. The maximum atomic E-state index is 13.0. The Balaban J connectivity index is 0.00000342. The van der Waals surface area contributed by atoms with Gasteiger partial charge in [0.25, 0.3) is 0 Å². The Labute approximate surface area is 205 Å². The van der Waals surface area contributed by atoms with E-state index in [9.17, 15) is 23.1 Å². The molecule has 10 heteroatoms. The number of nitrogens with zero attached hydrogens (tertiary/aromatic N) is 1. The molecule has 6 N–H and O–H groups in total. The fraction of sp³-hybridized carbons (Fsp3) is 0.440. The highest BCUT2D eigenvalue weighted by Crippen LogP contribution is 2.29. The smallest absolute Gasteiger partial charge is 0.304 e. The van der Waals surface area contributed by atoms with Crippen LogP contribution in [0.15, 0.2) is 53.4 Å². The summed E-state index contributed by atoms with van der Waals surface area (Å²) < 4.78 is 28.6. The number of carboxylic acids is 1. The Bertz CT molecular complexity index is 1160. The topological polar surface area (TPSA) is 161 Å². The number of nitrogens with two attached hydrogens (primary N) is 1. The molecule has 190 valence electrons. The largest absolute Gasteiger partial charge is 0.481 e. The third-order valence-electron chi connectivity index (χ3n) is 6.72. The Morgan fingerprint density at radius 3 is 2.54 bits per heavy atom. The summed E-state index contributed by atoms with van der Waals surface area (Å²) in [6.07, 6.45) is 2.96. The van der Waals surface area contributed by atoms with Gasteiger partial charge in [-0.1, -0.05) is 36.4 Å². The molecule has 2 aromatic rings. The molecule has 0 saturated carbocycles. The first-order valence-corrected chi connectivity index (χ1v) is 13.1. The SMILES string of the molecule is NC1Cc2ccc(S(=O)(=O)NC[C@@H]3C[C@@H](CC(=O)O)C(=O)N3CCCc3ccccc3)cc2C1.O. The van der Waals surface area contributed by atoms with Gasteiger partial charge in [-0.05, 0) is 60.9 Å². The number of rotatable bonds is 10. The molecule has 0 radical (unpaired) electrons. The van der Waals surface area contributed by atoms with Crippen LogP contribution in [-0.2, 0) is 38.9 Å². The third kappa shape index (κ3) is 6.46. The maximum absolute atomic E-state index is 13.0. The number of sulfonamides is 1. The number of hydrogen-bond donors (Lipinski definition) is 3. The van der Waals surface area contributed by atoms with Crippen LogP contribution in [0, 0.1) is 5.92 Å². The summed E-state index contributed by atoms with van der Waals surface area (Å²) in [4.78, 5) is 26.0. The van der Waals surface area contributed by atoms with Crippen molar-refractivity contribution in [1.29, 1.82) is 0 Å². The van der Waals surface area contributed by atoms with Gasteiger partial charge in [-0.25, -0.2) is 13.1 Å². The zero-order valence-electron chi connectivity index (χ0n) is 19.5. The van der Waals surface area contributed by atoms with Crippen molar-refractivity contribution in [1.82, 2.24) is 9.62 Å². The minimum absolute atomic E-state index is 0. The van der Waals surface area contributed by atoms with E-state index in [0.29, 0.717) is 25.8 Å². The summed E-state index contributed by atoms with van der Waals surface area (Å²) in [5.41, 5.74) is 9.18. The number of fused-ring (bicyclic) bond motifs is 1. The maximum Gasteiger partial charge on any atom is 0.304 e. The van der Waals surface area contributed by atoms with Crippen molar-refractivity contribution in [3.05, 3.63) is 65.2 Å². The van der Waals surface area contributed by atoms with E-state index in [-0.39, 0.29) is 41.3 Å². The van der Waals surface area contributed by atoms with Crippen LogP contribution in [-0.4, -0.2) is 61.0 Å². The molecule has 1 amide bonds. The van der Waals surface area contributed by atoms with Gasteiger partial charge in [-0.3, -0.25) is 9.59 Å². The lowest BCUT2D eigenvalue weighted by atomic mass is 10.0. The van der Waals surface area contributed by atoms with Crippen LogP contribution in [0.25, 0.3) is 0 Å². The van der Waals surface area contributed by atoms with E-state index in [2.05, 4.69) is 4.72 Å². The van der Waals surface area contributed by atoms with E-state index in [0.717, 1.165) is 29.5 Å². The monoisotopic (exact) mass is 503 g/mol. The Morgan fingerprint density at radius 1 is 1.11 bits per heavy atom. The minimum Gasteiger partial charge on any atom is -0.481 e. The highest BCUT2D eigenvalue weighted by molar-refractivity contribution is 7.89. The van der Waals surface area contributed by atoms with E-state index in [1.54, 1.807) is 17.0 Å². The molecule has 1 aliphatic carbocycles. The molecule has 0 bridgehead atoms. The molecule has 2 aromatic carbocycles. The summed E-state index contributed by atoms with van der Waals surface area (Å²) in [7, 11) is -3.78. The predicted molar refractivity (Wildman–Crippen MR) is 131 cm³/mol. The first-order valence-electron chi connectivity index (χ1n) is 11.7. The van der Waals surface area contributed by atoms with Crippen LogP contribution in [0.5, 0.6) is 0 Å². The van der Waals surface area contributed by atoms with Gasteiger partial charge in [0.2, 0.25) is 15.9 Å². The summed E-state index contributed by atoms with van der Waals surface area (Å²) in [5, 5.41) is 9.20. The molecule has 35 heavy (non-hydrogen) atoms. The number of hydrogen-bond acceptors (Lipinski definition) is 5. The molecule has 2 aliphatic rings. The van der Waals surface area contributed by atoms with Crippen LogP contribution < -0.4 is 10.5 Å². The zero-order chi connectivity index (χ0) is 24.3. The summed E-state index contributed by atoms with van der Waals surface area (Å²) in [6.45, 7) is 0.499. The van der Waals surface area contributed by atoms with Crippen molar-refractivity contribution in [2.24, 2.45) is 11.7 Å². The molecule has 4 rings (SSSR count). The van der Waals surface area contributed by atoms with Crippen LogP contribution in [0.1, 0.15) is 36.0 Å². The van der Waals surface area contributed by atoms with Crippen LogP contribution in [0.3, 0.4) is 0 Å². The van der Waals surface area contributed by atoms with Crippen molar-refractivity contribution < 1.29 is 28.6 Å². The summed E-state index contributed by atoms with van der Waals surface area (Å²) in [6, 6.07) is 14.6. The van der Waals surface area contributed by atoms with Gasteiger partial charge in [-0.15, -0.1) is 0 Å². The Morgan fingerprint density at radius 2 is 1.83 bits per heavy atom. The molecule has 1 unspecified atom stereocenters. The van der Waals surface area contributed by atoms with Gasteiger partial charge >= 0.3 is 5.97 Å². The standard InChI is InChI=1S/C25H31N3O5S.H2O/c26-21-11-18-8-9-23(14-19(18)12-21)34(32,33)27-16-22-13-20(15-24(29)30)25(31)28(22)10-4-7-17-5-2-1-3-6-17;/h1-3,5-6,8-9,14,20-22,27H,4,7,10-13,15-16,26H2,(H,29,30);1H2/t20-,21?,22-;/m0./s1. The fourth-order valence-corrected chi connectivity index (χ4v) is 6.14. The highest BCUT2D eigenvalue weighted by Gasteiger charge is 2.40. The van der Waals surface area contributed by atoms with E-state index in [1.165, 1.54) is 0 Å². The van der Waals surface area contributed by atoms with Gasteiger partial charge in [-0.2, -0.15) is 0 Å². The van der Waals surface area contributed by atoms with E-state index >= 15 is 0 Å². The van der Waals surface area contributed by atoms with E-state index < -0.39 is 21.9 Å². The van der Waals surface area contributed by atoms with Crippen LogP contribution >= 0.6 is 0 Å². The summed E-state index contributed by atoms with van der Waals surface area (Å²) in [5.74, 6) is -1.88. The van der Waals surface area contributed by atoms with Gasteiger partial charge in [0.05, 0.1) is 17.2 Å². The molecule has 1 saturated heterocycles. The molecular formula is C25H33N3O6S. The van der Waals surface area contributed by atoms with Crippen LogP contribution in [0.2, 0.25) is 0 Å². The normalized spacial score (nSPS) is 21.6. The molecule has 0 aromatic heterocycles. The predicted octanol–water partition coefficient (Wildman–Crippen LogP) is 0.891. The number of nitrogens with one attached hydrogen (secondary N) is 1. The third-order valence-corrected chi connectivity index (χ3v) is 8.14. The van der Waals surface area contributed by atoms with Gasteiger partial charge in [0, 0.05) is 25.2 Å². The number of benzene rings is 2. The van der Waals surface area contributed by atoms with Crippen molar-refractivity contribution in [3.63, 3.8) is 0 Å². The van der Waals surface area contributed by atoms with Gasteiger partial charge in [0.1, 0.15) is 0 Å². The number of amides is 1. The van der Waals surface area contributed by atoms with Crippen LogP contribution in [0.4, 0.5) is 0 Å². The Kier molecular flexibility index (Phi) is 8.65. The lowest BCUT2D eigenvalue weighted by Crippen LogP contribution is -2.42. The van der Waals surface area contributed by atoms with Gasteiger partial charge in [0.15, 0.2) is 0 Å². The van der Waals surface area contributed by atoms with Crippen molar-refractivity contribution >= 4 is 21.9 Å². The number of aryl methyl sites for hydroxylation is 1. The quantitative estimate of drug-likeness (QED) is 0.436. The molecule has 1 heterocycles. The lowest BCUT2D eigenvalue weighted by Gasteiger charge is -2.25. The zero-order valence-corrected chi connectivity index (χ0v) is 20.3. The average Bonchev–Trinajstić information content (AvgIpc) is 3.31. The number of carbonyl (C=O) groups is 2. The Hall–Kier alpha value is -2.79. The number of carbonyl (C=O) groups excluding carboxylic acids is 1. The number of likely N-dealkylation sites (tertiary alicyclic amines) is 1. The number of aliphatic carboxylic acids is 1. The van der Waals surface area contributed by atoms with E-state index in [1.807, 2.05) is 36.4 Å². The molecule has 3 atom stereocenters. The second-order valence-corrected chi connectivity index (χ2v) is 11.0.